The lowest BCUT2D eigenvalue weighted by molar-refractivity contribution is 0.263. The molecule has 2 nitrogen and oxygen atoms in total. The van der Waals surface area contributed by atoms with Crippen LogP contribution in [0.15, 0.2) is 18.2 Å². The van der Waals surface area contributed by atoms with E-state index < -0.39 is 0 Å². The molecule has 0 radical (unpaired) electrons. The number of benzene rings is 1. The van der Waals surface area contributed by atoms with E-state index in [2.05, 4.69) is 19.1 Å². The number of hydrogen-bond donors (Lipinski definition) is 1. The van der Waals surface area contributed by atoms with Crippen molar-refractivity contribution in [3.63, 3.8) is 0 Å². The minimum atomic E-state index is 0. The first-order valence-corrected chi connectivity index (χ1v) is 5.62. The van der Waals surface area contributed by atoms with E-state index in [-0.39, 0.29) is 18.4 Å². The molecule has 90 valence electrons. The first-order valence-electron chi connectivity index (χ1n) is 5.62. The van der Waals surface area contributed by atoms with Crippen LogP contribution in [0.5, 0.6) is 5.75 Å². The number of rotatable bonds is 3. The highest BCUT2D eigenvalue weighted by Crippen LogP contribution is 2.37. The van der Waals surface area contributed by atoms with Crippen LogP contribution in [0, 0.1) is 12.8 Å². The van der Waals surface area contributed by atoms with E-state index >= 15 is 0 Å². The van der Waals surface area contributed by atoms with Crippen molar-refractivity contribution in [3.8, 4) is 5.75 Å². The third-order valence-corrected chi connectivity index (χ3v) is 3.49. The van der Waals surface area contributed by atoms with Gasteiger partial charge in [0.25, 0.3) is 0 Å². The van der Waals surface area contributed by atoms with Gasteiger partial charge in [-0.1, -0.05) is 12.5 Å². The lowest BCUT2D eigenvalue weighted by Crippen LogP contribution is -2.27. The molecule has 1 aromatic rings. The molecule has 1 saturated carbocycles. The molecule has 1 aliphatic carbocycles. The van der Waals surface area contributed by atoms with Gasteiger partial charge in [0, 0.05) is 6.04 Å². The Bertz CT molecular complexity index is 350. The van der Waals surface area contributed by atoms with Crippen molar-refractivity contribution >= 4 is 12.4 Å². The Morgan fingerprint density at radius 3 is 2.50 bits per heavy atom. The monoisotopic (exact) mass is 241 g/mol. The van der Waals surface area contributed by atoms with Crippen LogP contribution in [0.1, 0.15) is 36.4 Å². The maximum Gasteiger partial charge on any atom is 0.119 e. The summed E-state index contributed by atoms with van der Waals surface area (Å²) in [4.78, 5) is 0. The summed E-state index contributed by atoms with van der Waals surface area (Å²) in [5.74, 6) is 1.61. The number of halogens is 1. The van der Waals surface area contributed by atoms with Crippen LogP contribution in [0.2, 0.25) is 0 Å². The van der Waals surface area contributed by atoms with Gasteiger partial charge < -0.3 is 10.5 Å². The molecule has 0 saturated heterocycles. The molecule has 0 amide bonds. The number of ether oxygens (including phenoxy) is 1. The van der Waals surface area contributed by atoms with Gasteiger partial charge in [-0.2, -0.15) is 0 Å². The van der Waals surface area contributed by atoms with Crippen LogP contribution >= 0.6 is 12.4 Å². The van der Waals surface area contributed by atoms with E-state index in [1.807, 2.05) is 6.07 Å². The van der Waals surface area contributed by atoms with Crippen molar-refractivity contribution in [2.75, 3.05) is 7.11 Å². The fourth-order valence-corrected chi connectivity index (χ4v) is 2.20. The van der Waals surface area contributed by atoms with Crippen LogP contribution in [-0.4, -0.2) is 7.11 Å². The molecule has 2 rings (SSSR count). The molecule has 0 spiro atoms. The number of nitrogens with two attached hydrogens (primary N) is 1. The molecule has 16 heavy (non-hydrogen) atoms. The summed E-state index contributed by atoms with van der Waals surface area (Å²) in [5, 5.41) is 0. The third kappa shape index (κ3) is 2.50. The highest BCUT2D eigenvalue weighted by Gasteiger charge is 2.26. The van der Waals surface area contributed by atoms with Gasteiger partial charge in [-0.15, -0.1) is 12.4 Å². The standard InChI is InChI=1S/C13H19NO.ClH/c1-9-8-11(15-2)6-7-12(9)13(14)10-4-3-5-10;/h6-8,10,13H,3-5,14H2,1-2H3;1H/t13-;/m0./s1. The van der Waals surface area contributed by atoms with Gasteiger partial charge in [0.1, 0.15) is 5.75 Å². The van der Waals surface area contributed by atoms with Crippen molar-refractivity contribution in [1.82, 2.24) is 0 Å². The molecule has 0 aromatic heterocycles. The van der Waals surface area contributed by atoms with E-state index in [0.717, 1.165) is 5.75 Å². The van der Waals surface area contributed by atoms with Crippen LogP contribution in [0.3, 0.4) is 0 Å². The second-order valence-electron chi connectivity index (χ2n) is 4.44. The molecule has 1 aliphatic rings. The van der Waals surface area contributed by atoms with Gasteiger partial charge in [-0.05, 0) is 48.9 Å². The molecule has 1 atom stereocenters. The van der Waals surface area contributed by atoms with Gasteiger partial charge in [-0.25, -0.2) is 0 Å². The summed E-state index contributed by atoms with van der Waals surface area (Å²) in [7, 11) is 1.69. The predicted molar refractivity (Wildman–Crippen MR) is 69.2 cm³/mol. The number of methoxy groups -OCH3 is 1. The SMILES string of the molecule is COc1ccc([C@@H](N)C2CCC2)c(C)c1.Cl. The molecule has 1 aromatic carbocycles. The van der Waals surface area contributed by atoms with E-state index in [0.29, 0.717) is 5.92 Å². The second-order valence-corrected chi connectivity index (χ2v) is 4.44. The summed E-state index contributed by atoms with van der Waals surface area (Å²) in [6.07, 6.45) is 3.91. The predicted octanol–water partition coefficient (Wildman–Crippen LogP) is 3.23. The molecule has 1 fully saturated rings. The van der Waals surface area contributed by atoms with Gasteiger partial charge >= 0.3 is 0 Å². The van der Waals surface area contributed by atoms with Crippen molar-refractivity contribution in [2.24, 2.45) is 11.7 Å². The Kier molecular flexibility index (Phi) is 4.63. The molecular weight excluding hydrogens is 222 g/mol. The second kappa shape index (κ2) is 5.55. The molecule has 2 N–H and O–H groups in total. The molecule has 0 unspecified atom stereocenters. The minimum Gasteiger partial charge on any atom is -0.497 e. The van der Waals surface area contributed by atoms with Crippen LogP contribution in [0.4, 0.5) is 0 Å². The van der Waals surface area contributed by atoms with E-state index in [1.54, 1.807) is 7.11 Å². The summed E-state index contributed by atoms with van der Waals surface area (Å²) in [6, 6.07) is 6.39. The summed E-state index contributed by atoms with van der Waals surface area (Å²) < 4.78 is 5.19. The smallest absolute Gasteiger partial charge is 0.119 e. The van der Waals surface area contributed by atoms with Crippen LogP contribution < -0.4 is 10.5 Å². The fraction of sp³-hybridized carbons (Fsp3) is 0.538. The Morgan fingerprint density at radius 2 is 2.06 bits per heavy atom. The Balaban J connectivity index is 0.00000128. The Morgan fingerprint density at radius 1 is 1.38 bits per heavy atom. The molecule has 0 heterocycles. The zero-order valence-corrected chi connectivity index (χ0v) is 10.7. The van der Waals surface area contributed by atoms with Gasteiger partial charge in [0.2, 0.25) is 0 Å². The average molecular weight is 242 g/mol. The Labute approximate surface area is 104 Å². The molecular formula is C13H20ClNO. The van der Waals surface area contributed by atoms with Gasteiger partial charge in [0.05, 0.1) is 7.11 Å². The molecule has 3 heteroatoms. The molecule has 0 aliphatic heterocycles. The zero-order valence-electron chi connectivity index (χ0n) is 9.90. The van der Waals surface area contributed by atoms with Crippen molar-refractivity contribution in [1.29, 1.82) is 0 Å². The summed E-state index contributed by atoms with van der Waals surface area (Å²) in [5.41, 5.74) is 8.77. The van der Waals surface area contributed by atoms with Crippen molar-refractivity contribution < 1.29 is 4.74 Å². The minimum absolute atomic E-state index is 0. The largest absolute Gasteiger partial charge is 0.497 e. The topological polar surface area (TPSA) is 35.2 Å². The number of aryl methyl sites for hydroxylation is 1. The zero-order chi connectivity index (χ0) is 10.8. The van der Waals surface area contributed by atoms with Gasteiger partial charge in [-0.3, -0.25) is 0 Å². The van der Waals surface area contributed by atoms with E-state index in [9.17, 15) is 0 Å². The summed E-state index contributed by atoms with van der Waals surface area (Å²) >= 11 is 0. The van der Waals surface area contributed by atoms with Crippen LogP contribution in [0.25, 0.3) is 0 Å². The maximum absolute atomic E-state index is 6.25. The highest BCUT2D eigenvalue weighted by molar-refractivity contribution is 5.85. The normalized spacial score (nSPS) is 17.2. The maximum atomic E-state index is 6.25. The highest BCUT2D eigenvalue weighted by atomic mass is 35.5. The lowest BCUT2D eigenvalue weighted by atomic mass is 9.77. The summed E-state index contributed by atoms with van der Waals surface area (Å²) in [6.45, 7) is 2.11. The lowest BCUT2D eigenvalue weighted by Gasteiger charge is -2.32. The molecule has 0 bridgehead atoms. The number of hydrogen-bond acceptors (Lipinski definition) is 2. The average Bonchev–Trinajstić information content (AvgIpc) is 2.14. The Hall–Kier alpha value is -0.730. The first kappa shape index (κ1) is 13.3. The first-order chi connectivity index (χ1) is 7.22. The van der Waals surface area contributed by atoms with Crippen molar-refractivity contribution in [3.05, 3.63) is 29.3 Å². The van der Waals surface area contributed by atoms with E-state index in [1.165, 1.54) is 30.4 Å². The third-order valence-electron chi connectivity index (χ3n) is 3.49. The van der Waals surface area contributed by atoms with Crippen molar-refractivity contribution in [2.45, 2.75) is 32.2 Å². The van der Waals surface area contributed by atoms with E-state index in [4.69, 9.17) is 10.5 Å². The van der Waals surface area contributed by atoms with Crippen LogP contribution in [-0.2, 0) is 0 Å². The fourth-order valence-electron chi connectivity index (χ4n) is 2.20. The quantitative estimate of drug-likeness (QED) is 0.882. The van der Waals surface area contributed by atoms with Gasteiger partial charge in [0.15, 0.2) is 0 Å².